The van der Waals surface area contributed by atoms with Crippen LogP contribution in [0.25, 0.3) is 0 Å². The van der Waals surface area contributed by atoms with Gasteiger partial charge in [0, 0.05) is 12.8 Å². The normalized spacial score (nSPS) is 12.8. The van der Waals surface area contributed by atoms with Crippen molar-refractivity contribution >= 4 is 39.8 Å². The Morgan fingerprint density at radius 3 is 2.12 bits per heavy atom. The largest absolute Gasteiger partial charge is 0.493 e. The van der Waals surface area contributed by atoms with E-state index in [9.17, 15) is 8.42 Å². The highest BCUT2D eigenvalue weighted by atomic mass is 127. The van der Waals surface area contributed by atoms with E-state index in [1.807, 2.05) is 43.3 Å². The van der Waals surface area contributed by atoms with E-state index in [1.54, 1.807) is 0 Å². The predicted molar refractivity (Wildman–Crippen MR) is 144 cm³/mol. The second-order valence-electron chi connectivity index (χ2n) is 8.22. The van der Waals surface area contributed by atoms with E-state index in [2.05, 4.69) is 48.5 Å². The van der Waals surface area contributed by atoms with Crippen LogP contribution in [0.5, 0.6) is 5.75 Å². The molecule has 0 amide bonds. The second-order valence-corrected chi connectivity index (χ2v) is 10.4. The summed E-state index contributed by atoms with van der Waals surface area (Å²) in [6, 6.07) is 15.7. The first-order valence-electron chi connectivity index (χ1n) is 10.7. The number of benzene rings is 2. The van der Waals surface area contributed by atoms with Crippen molar-refractivity contribution in [1.82, 2.24) is 10.6 Å². The van der Waals surface area contributed by atoms with Crippen LogP contribution in [0.3, 0.4) is 0 Å². The van der Waals surface area contributed by atoms with Gasteiger partial charge in [0.15, 0.2) is 15.8 Å². The molecule has 0 fully saturated rings. The number of hydrogen-bond donors (Lipinski definition) is 2. The molecule has 1 unspecified atom stereocenters. The molecule has 0 aliphatic carbocycles. The topological polar surface area (TPSA) is 79.8 Å². The molecule has 0 aliphatic heterocycles. The molecular formula is C24H36IN3O3S. The number of hydrogen-bond acceptors (Lipinski definition) is 4. The molecule has 2 rings (SSSR count). The minimum Gasteiger partial charge on any atom is -0.493 e. The summed E-state index contributed by atoms with van der Waals surface area (Å²) in [5.74, 6) is 2.16. The Kier molecular flexibility index (Phi) is 12.1. The van der Waals surface area contributed by atoms with Gasteiger partial charge in [-0.3, -0.25) is 0 Å². The average molecular weight is 574 g/mol. The van der Waals surface area contributed by atoms with Crippen molar-refractivity contribution in [3.63, 3.8) is 0 Å². The first kappa shape index (κ1) is 28.2. The van der Waals surface area contributed by atoms with Crippen molar-refractivity contribution in [2.45, 2.75) is 46.0 Å². The van der Waals surface area contributed by atoms with Crippen LogP contribution < -0.4 is 15.4 Å². The molecule has 8 heteroatoms. The third-order valence-electron chi connectivity index (χ3n) is 4.53. The van der Waals surface area contributed by atoms with Crippen LogP contribution in [0.2, 0.25) is 0 Å². The number of guanidine groups is 1. The maximum atomic E-state index is 11.4. The summed E-state index contributed by atoms with van der Waals surface area (Å²) in [5, 5.41) is 6.71. The average Bonchev–Trinajstić information content (AvgIpc) is 2.71. The summed E-state index contributed by atoms with van der Waals surface area (Å²) in [6.07, 6.45) is 1.24. The molecule has 1 atom stereocenters. The van der Waals surface area contributed by atoms with Gasteiger partial charge in [0.2, 0.25) is 0 Å². The molecule has 0 radical (unpaired) electrons. The Balaban J connectivity index is 0.00000512. The number of ether oxygens (including phenoxy) is 1. The van der Waals surface area contributed by atoms with E-state index in [0.29, 0.717) is 19.1 Å². The number of sulfone groups is 1. The Morgan fingerprint density at radius 1 is 1.00 bits per heavy atom. The van der Waals surface area contributed by atoms with Gasteiger partial charge >= 0.3 is 0 Å². The molecule has 178 valence electrons. The van der Waals surface area contributed by atoms with Gasteiger partial charge in [-0.2, -0.15) is 0 Å². The van der Waals surface area contributed by atoms with Crippen LogP contribution >= 0.6 is 24.0 Å². The van der Waals surface area contributed by atoms with Crippen molar-refractivity contribution in [1.29, 1.82) is 0 Å². The maximum absolute atomic E-state index is 11.4. The van der Waals surface area contributed by atoms with Gasteiger partial charge in [0.1, 0.15) is 5.75 Å². The predicted octanol–water partition coefficient (Wildman–Crippen LogP) is 4.70. The third kappa shape index (κ3) is 10.7. The minimum atomic E-state index is -3.03. The summed E-state index contributed by atoms with van der Waals surface area (Å²) in [6.45, 7) is 10.4. The van der Waals surface area contributed by atoms with E-state index in [0.717, 1.165) is 34.9 Å². The van der Waals surface area contributed by atoms with Crippen LogP contribution in [0.15, 0.2) is 53.5 Å². The SMILES string of the molecule is CCNC(=NCc1ccc(CS(C)(=O)=O)cc1)NC(C)c1ccc(OCC(C)C)cc1.I. The summed E-state index contributed by atoms with van der Waals surface area (Å²) in [4.78, 5) is 4.67. The standard InChI is InChI=1S/C24H35N3O3S.HI/c1-6-25-24(26-15-20-7-9-21(10-8-20)17-31(5,28)29)27-19(4)22-11-13-23(14-12-22)30-16-18(2)3;/h7-14,18-19H,6,15-17H2,1-5H3,(H2,25,26,27);1H. The van der Waals surface area contributed by atoms with Crippen molar-refractivity contribution in [3.05, 3.63) is 65.2 Å². The summed E-state index contributed by atoms with van der Waals surface area (Å²) < 4.78 is 28.6. The molecule has 32 heavy (non-hydrogen) atoms. The molecular weight excluding hydrogens is 537 g/mol. The Morgan fingerprint density at radius 2 is 1.59 bits per heavy atom. The first-order valence-corrected chi connectivity index (χ1v) is 12.8. The van der Waals surface area contributed by atoms with E-state index >= 15 is 0 Å². The van der Waals surface area contributed by atoms with Crippen molar-refractivity contribution in [2.24, 2.45) is 10.9 Å². The number of nitrogens with one attached hydrogen (secondary N) is 2. The Labute approximate surface area is 210 Å². The number of nitrogens with zero attached hydrogens (tertiary/aromatic N) is 1. The van der Waals surface area contributed by atoms with Crippen molar-refractivity contribution in [2.75, 3.05) is 19.4 Å². The third-order valence-corrected chi connectivity index (χ3v) is 5.39. The monoisotopic (exact) mass is 573 g/mol. The van der Waals surface area contributed by atoms with Crippen LogP contribution in [0.1, 0.15) is 50.4 Å². The summed E-state index contributed by atoms with van der Waals surface area (Å²) in [7, 11) is -3.03. The zero-order valence-electron chi connectivity index (χ0n) is 19.6. The van der Waals surface area contributed by atoms with Gasteiger partial charge in [-0.1, -0.05) is 50.2 Å². The molecule has 0 aromatic heterocycles. The lowest BCUT2D eigenvalue weighted by Gasteiger charge is -2.19. The first-order chi connectivity index (χ1) is 14.7. The second kappa shape index (κ2) is 13.7. The van der Waals surface area contributed by atoms with Crippen LogP contribution in [-0.4, -0.2) is 33.8 Å². The maximum Gasteiger partial charge on any atom is 0.192 e. The number of rotatable bonds is 10. The molecule has 0 bridgehead atoms. The van der Waals surface area contributed by atoms with Gasteiger partial charge in [-0.15, -0.1) is 24.0 Å². The molecule has 2 aromatic rings. The molecule has 0 aliphatic rings. The van der Waals surface area contributed by atoms with Crippen LogP contribution in [0, 0.1) is 5.92 Å². The van der Waals surface area contributed by atoms with E-state index in [-0.39, 0.29) is 35.8 Å². The summed E-state index contributed by atoms with van der Waals surface area (Å²) in [5.41, 5.74) is 2.95. The fourth-order valence-electron chi connectivity index (χ4n) is 2.94. The van der Waals surface area contributed by atoms with Crippen LogP contribution in [0.4, 0.5) is 0 Å². The summed E-state index contributed by atoms with van der Waals surface area (Å²) >= 11 is 0. The molecule has 2 N–H and O–H groups in total. The number of aliphatic imine (C=N–C) groups is 1. The lowest BCUT2D eigenvalue weighted by molar-refractivity contribution is 0.271. The fourth-order valence-corrected chi connectivity index (χ4v) is 3.74. The highest BCUT2D eigenvalue weighted by Crippen LogP contribution is 2.18. The van der Waals surface area contributed by atoms with Crippen molar-refractivity contribution in [3.8, 4) is 5.75 Å². The molecule has 0 saturated heterocycles. The van der Waals surface area contributed by atoms with E-state index in [4.69, 9.17) is 4.74 Å². The van der Waals surface area contributed by atoms with Crippen molar-refractivity contribution < 1.29 is 13.2 Å². The zero-order chi connectivity index (χ0) is 22.9. The zero-order valence-corrected chi connectivity index (χ0v) is 22.7. The van der Waals surface area contributed by atoms with Gasteiger partial charge in [-0.25, -0.2) is 13.4 Å². The van der Waals surface area contributed by atoms with Crippen LogP contribution in [-0.2, 0) is 22.1 Å². The van der Waals surface area contributed by atoms with E-state index in [1.165, 1.54) is 6.26 Å². The van der Waals surface area contributed by atoms with Gasteiger partial charge < -0.3 is 15.4 Å². The molecule has 2 aromatic carbocycles. The lowest BCUT2D eigenvalue weighted by Crippen LogP contribution is -2.38. The Hall–Kier alpha value is -1.81. The molecule has 0 saturated carbocycles. The molecule has 0 spiro atoms. The minimum absolute atomic E-state index is 0. The van der Waals surface area contributed by atoms with E-state index < -0.39 is 9.84 Å². The highest BCUT2D eigenvalue weighted by Gasteiger charge is 2.09. The highest BCUT2D eigenvalue weighted by molar-refractivity contribution is 14.0. The quantitative estimate of drug-likeness (QED) is 0.245. The number of halogens is 1. The Bertz CT molecular complexity index is 943. The smallest absolute Gasteiger partial charge is 0.192 e. The molecule has 0 heterocycles. The van der Waals surface area contributed by atoms with Gasteiger partial charge in [0.25, 0.3) is 0 Å². The van der Waals surface area contributed by atoms with Gasteiger partial charge in [0.05, 0.1) is 24.9 Å². The fraction of sp³-hybridized carbons (Fsp3) is 0.458. The van der Waals surface area contributed by atoms with Gasteiger partial charge in [-0.05, 0) is 48.6 Å². The molecule has 6 nitrogen and oxygen atoms in total. The lowest BCUT2D eigenvalue weighted by atomic mass is 10.1.